The Balaban J connectivity index is 1.75. The minimum Gasteiger partial charge on any atom is -0.481 e. The van der Waals surface area contributed by atoms with E-state index in [-0.39, 0.29) is 24.1 Å². The van der Waals surface area contributed by atoms with Gasteiger partial charge in [0.2, 0.25) is 0 Å². The van der Waals surface area contributed by atoms with Crippen LogP contribution in [-0.2, 0) is 9.53 Å². The summed E-state index contributed by atoms with van der Waals surface area (Å²) in [6, 6.07) is 0.0650. The molecule has 0 bridgehead atoms. The number of carbonyl (C=O) groups is 2. The SMILES string of the molecule is CC1CN(C(=O)NC2CCC(C(=O)O)CC2)CCO1. The Bertz CT molecular complexity index is 340. The number of rotatable bonds is 2. The number of hydrogen-bond donors (Lipinski definition) is 2. The molecule has 6 nitrogen and oxygen atoms in total. The molecule has 2 N–H and O–H groups in total. The second-order valence-corrected chi connectivity index (χ2v) is 5.46. The highest BCUT2D eigenvalue weighted by molar-refractivity contribution is 5.75. The number of aliphatic carboxylic acids is 1. The first-order chi connectivity index (χ1) is 9.06. The van der Waals surface area contributed by atoms with Gasteiger partial charge in [-0.3, -0.25) is 4.79 Å². The summed E-state index contributed by atoms with van der Waals surface area (Å²) in [7, 11) is 0. The third-order valence-electron chi connectivity index (χ3n) is 3.93. The number of carboxylic acids is 1. The van der Waals surface area contributed by atoms with Crippen molar-refractivity contribution in [1.82, 2.24) is 10.2 Å². The van der Waals surface area contributed by atoms with Crippen molar-refractivity contribution in [3.05, 3.63) is 0 Å². The van der Waals surface area contributed by atoms with E-state index >= 15 is 0 Å². The summed E-state index contributed by atoms with van der Waals surface area (Å²) in [6.07, 6.45) is 2.90. The van der Waals surface area contributed by atoms with Crippen LogP contribution in [0, 0.1) is 5.92 Å². The molecule has 1 atom stereocenters. The van der Waals surface area contributed by atoms with E-state index < -0.39 is 5.97 Å². The highest BCUT2D eigenvalue weighted by Gasteiger charge is 2.28. The molecule has 0 spiro atoms. The first-order valence-corrected chi connectivity index (χ1v) is 6.96. The number of carboxylic acid groups (broad SMARTS) is 1. The van der Waals surface area contributed by atoms with Crippen molar-refractivity contribution in [3.63, 3.8) is 0 Å². The fraction of sp³-hybridized carbons (Fsp3) is 0.846. The predicted molar refractivity (Wildman–Crippen MR) is 68.9 cm³/mol. The molecule has 1 aliphatic carbocycles. The highest BCUT2D eigenvalue weighted by atomic mass is 16.5. The Kier molecular flexibility index (Phi) is 4.63. The standard InChI is InChI=1S/C13H22N2O4/c1-9-8-15(6-7-19-9)13(18)14-11-4-2-10(3-5-11)12(16)17/h9-11H,2-8H2,1H3,(H,14,18)(H,16,17). The summed E-state index contributed by atoms with van der Waals surface area (Å²) in [5, 5.41) is 11.9. The summed E-state index contributed by atoms with van der Waals surface area (Å²) in [5.41, 5.74) is 0. The summed E-state index contributed by atoms with van der Waals surface area (Å²) in [6.45, 7) is 3.79. The summed E-state index contributed by atoms with van der Waals surface area (Å²) in [4.78, 5) is 24.7. The number of amides is 2. The molecule has 1 unspecified atom stereocenters. The average molecular weight is 270 g/mol. The van der Waals surface area contributed by atoms with E-state index in [0.717, 1.165) is 12.8 Å². The number of ether oxygens (including phenoxy) is 1. The van der Waals surface area contributed by atoms with E-state index in [9.17, 15) is 9.59 Å². The van der Waals surface area contributed by atoms with Gasteiger partial charge in [0.25, 0.3) is 0 Å². The van der Waals surface area contributed by atoms with E-state index in [1.165, 1.54) is 0 Å². The lowest BCUT2D eigenvalue weighted by molar-refractivity contribution is -0.142. The number of nitrogens with zero attached hydrogens (tertiary/aromatic N) is 1. The Morgan fingerprint density at radius 1 is 1.26 bits per heavy atom. The van der Waals surface area contributed by atoms with Crippen LogP contribution in [-0.4, -0.2) is 53.8 Å². The summed E-state index contributed by atoms with van der Waals surface area (Å²) in [5.74, 6) is -0.955. The van der Waals surface area contributed by atoms with Gasteiger partial charge in [-0.2, -0.15) is 0 Å². The minimum atomic E-state index is -0.716. The molecule has 2 rings (SSSR count). The van der Waals surface area contributed by atoms with E-state index in [1.54, 1.807) is 4.90 Å². The zero-order valence-electron chi connectivity index (χ0n) is 11.3. The van der Waals surface area contributed by atoms with E-state index in [1.807, 2.05) is 6.92 Å². The van der Waals surface area contributed by atoms with Crippen molar-refractivity contribution in [2.75, 3.05) is 19.7 Å². The monoisotopic (exact) mass is 270 g/mol. The van der Waals surface area contributed by atoms with Gasteiger partial charge in [0.05, 0.1) is 18.6 Å². The molecule has 108 valence electrons. The van der Waals surface area contributed by atoms with Gasteiger partial charge in [-0.05, 0) is 32.6 Å². The lowest BCUT2D eigenvalue weighted by Crippen LogP contribution is -2.51. The molecule has 0 aromatic carbocycles. The lowest BCUT2D eigenvalue weighted by atomic mass is 9.86. The fourth-order valence-corrected chi connectivity index (χ4v) is 2.75. The van der Waals surface area contributed by atoms with Gasteiger partial charge < -0.3 is 20.1 Å². The van der Waals surface area contributed by atoms with Crippen molar-refractivity contribution >= 4 is 12.0 Å². The predicted octanol–water partition coefficient (Wildman–Crippen LogP) is 1.06. The Labute approximate surface area is 113 Å². The van der Waals surface area contributed by atoms with Crippen LogP contribution in [0.15, 0.2) is 0 Å². The Morgan fingerprint density at radius 2 is 1.95 bits per heavy atom. The van der Waals surface area contributed by atoms with Crippen molar-refractivity contribution in [3.8, 4) is 0 Å². The molecule has 0 aromatic heterocycles. The second kappa shape index (κ2) is 6.23. The van der Waals surface area contributed by atoms with Crippen LogP contribution in [0.25, 0.3) is 0 Å². The van der Waals surface area contributed by atoms with Gasteiger partial charge in [0.15, 0.2) is 0 Å². The van der Waals surface area contributed by atoms with Gasteiger partial charge >= 0.3 is 12.0 Å². The average Bonchev–Trinajstić information content (AvgIpc) is 2.39. The quantitative estimate of drug-likeness (QED) is 0.786. The van der Waals surface area contributed by atoms with Crippen LogP contribution in [0.5, 0.6) is 0 Å². The molecular formula is C13H22N2O4. The van der Waals surface area contributed by atoms with Gasteiger partial charge in [-0.1, -0.05) is 0 Å². The summed E-state index contributed by atoms with van der Waals surface area (Å²) >= 11 is 0. The lowest BCUT2D eigenvalue weighted by Gasteiger charge is -2.34. The van der Waals surface area contributed by atoms with Crippen LogP contribution in [0.1, 0.15) is 32.6 Å². The number of carbonyl (C=O) groups excluding carboxylic acids is 1. The zero-order valence-corrected chi connectivity index (χ0v) is 11.3. The molecule has 1 aliphatic heterocycles. The molecule has 1 saturated carbocycles. The first-order valence-electron chi connectivity index (χ1n) is 6.96. The molecule has 6 heteroatoms. The normalized spacial score (nSPS) is 31.8. The van der Waals surface area contributed by atoms with Crippen LogP contribution < -0.4 is 5.32 Å². The van der Waals surface area contributed by atoms with E-state index in [2.05, 4.69) is 5.32 Å². The molecule has 0 radical (unpaired) electrons. The number of nitrogens with one attached hydrogen (secondary N) is 1. The zero-order chi connectivity index (χ0) is 13.8. The minimum absolute atomic E-state index is 0.0473. The molecular weight excluding hydrogens is 248 g/mol. The van der Waals surface area contributed by atoms with Gasteiger partial charge in [-0.15, -0.1) is 0 Å². The highest BCUT2D eigenvalue weighted by Crippen LogP contribution is 2.24. The van der Waals surface area contributed by atoms with Gasteiger partial charge in [-0.25, -0.2) is 4.79 Å². The summed E-state index contributed by atoms with van der Waals surface area (Å²) < 4.78 is 5.40. The van der Waals surface area contributed by atoms with Gasteiger partial charge in [0, 0.05) is 19.1 Å². The van der Waals surface area contributed by atoms with Crippen molar-refractivity contribution < 1.29 is 19.4 Å². The number of morpholine rings is 1. The van der Waals surface area contributed by atoms with E-state index in [4.69, 9.17) is 9.84 Å². The third kappa shape index (κ3) is 3.83. The van der Waals surface area contributed by atoms with Crippen LogP contribution in [0.4, 0.5) is 4.79 Å². The largest absolute Gasteiger partial charge is 0.481 e. The molecule has 1 saturated heterocycles. The maximum atomic E-state index is 12.1. The smallest absolute Gasteiger partial charge is 0.317 e. The topological polar surface area (TPSA) is 78.9 Å². The maximum absolute atomic E-state index is 12.1. The number of urea groups is 1. The molecule has 2 aliphatic rings. The van der Waals surface area contributed by atoms with Crippen LogP contribution >= 0.6 is 0 Å². The van der Waals surface area contributed by atoms with E-state index in [0.29, 0.717) is 32.5 Å². The molecule has 19 heavy (non-hydrogen) atoms. The van der Waals surface area contributed by atoms with Gasteiger partial charge in [0.1, 0.15) is 0 Å². The van der Waals surface area contributed by atoms with Crippen LogP contribution in [0.3, 0.4) is 0 Å². The maximum Gasteiger partial charge on any atom is 0.317 e. The van der Waals surface area contributed by atoms with Crippen molar-refractivity contribution in [1.29, 1.82) is 0 Å². The Hall–Kier alpha value is -1.30. The number of hydrogen-bond acceptors (Lipinski definition) is 3. The third-order valence-corrected chi connectivity index (χ3v) is 3.93. The van der Waals surface area contributed by atoms with Crippen molar-refractivity contribution in [2.45, 2.75) is 44.8 Å². The molecule has 2 fully saturated rings. The Morgan fingerprint density at radius 3 is 2.53 bits per heavy atom. The van der Waals surface area contributed by atoms with Crippen LogP contribution in [0.2, 0.25) is 0 Å². The second-order valence-electron chi connectivity index (χ2n) is 5.46. The first kappa shape index (κ1) is 14.1. The van der Waals surface area contributed by atoms with Crippen molar-refractivity contribution in [2.24, 2.45) is 5.92 Å². The fourth-order valence-electron chi connectivity index (χ4n) is 2.75. The molecule has 1 heterocycles. The molecule has 0 aromatic rings. The molecule has 2 amide bonds.